The number of hydrogen-bond donors (Lipinski definition) is 0. The summed E-state index contributed by atoms with van der Waals surface area (Å²) in [6.07, 6.45) is 1.61. The molecule has 0 saturated carbocycles. The van der Waals surface area contributed by atoms with Crippen molar-refractivity contribution in [3.05, 3.63) is 93.6 Å². The molecule has 164 valence electrons. The van der Waals surface area contributed by atoms with Crippen LogP contribution in [-0.2, 0) is 6.54 Å². The zero-order valence-electron chi connectivity index (χ0n) is 17.9. The van der Waals surface area contributed by atoms with Gasteiger partial charge in [0.1, 0.15) is 17.1 Å². The van der Waals surface area contributed by atoms with Gasteiger partial charge in [-0.15, -0.1) is 5.10 Å². The predicted octanol–water partition coefficient (Wildman–Crippen LogP) is 5.80. The highest BCUT2D eigenvalue weighted by Gasteiger charge is 2.24. The number of hydrogen-bond acceptors (Lipinski definition) is 6. The van der Waals surface area contributed by atoms with Crippen LogP contribution in [0.15, 0.2) is 66.9 Å². The summed E-state index contributed by atoms with van der Waals surface area (Å²) in [6, 6.07) is 18.9. The fraction of sp³-hybridized carbons (Fsp3) is 0.120. The summed E-state index contributed by atoms with van der Waals surface area (Å²) >= 11 is 7.22. The Bertz CT molecular complexity index is 1460. The Morgan fingerprint density at radius 3 is 2.64 bits per heavy atom. The van der Waals surface area contributed by atoms with Crippen molar-refractivity contribution in [3.8, 4) is 17.1 Å². The van der Waals surface area contributed by atoms with Gasteiger partial charge in [0, 0.05) is 34.4 Å². The first-order chi connectivity index (χ1) is 16.0. The van der Waals surface area contributed by atoms with E-state index in [0.717, 1.165) is 22.2 Å². The molecule has 5 rings (SSSR count). The first-order valence-electron chi connectivity index (χ1n) is 10.3. The van der Waals surface area contributed by atoms with Crippen molar-refractivity contribution in [2.75, 3.05) is 7.11 Å². The van der Waals surface area contributed by atoms with Gasteiger partial charge in [0.15, 0.2) is 0 Å². The molecule has 0 radical (unpaired) electrons. The van der Waals surface area contributed by atoms with Crippen LogP contribution in [0.1, 0.15) is 26.5 Å². The fourth-order valence-corrected chi connectivity index (χ4v) is 4.73. The third-order valence-corrected chi connectivity index (χ3v) is 6.62. The lowest BCUT2D eigenvalue weighted by molar-refractivity contribution is 0.104. The zero-order chi connectivity index (χ0) is 22.9. The van der Waals surface area contributed by atoms with Crippen LogP contribution in [0.3, 0.4) is 0 Å². The maximum absolute atomic E-state index is 13.7. The minimum atomic E-state index is -0.0757. The largest absolute Gasteiger partial charge is 0.497 e. The van der Waals surface area contributed by atoms with E-state index >= 15 is 0 Å². The normalized spacial score (nSPS) is 11.1. The summed E-state index contributed by atoms with van der Waals surface area (Å²) in [7, 11) is 1.62. The Labute approximate surface area is 199 Å². The molecule has 8 heteroatoms. The van der Waals surface area contributed by atoms with Crippen molar-refractivity contribution >= 4 is 39.8 Å². The number of halogens is 1. The maximum atomic E-state index is 13.7. The van der Waals surface area contributed by atoms with Gasteiger partial charge in [-0.25, -0.2) is 0 Å². The number of carbonyl (C=O) groups excluding carboxylic acids is 1. The van der Waals surface area contributed by atoms with Gasteiger partial charge < -0.3 is 9.30 Å². The summed E-state index contributed by atoms with van der Waals surface area (Å²) < 4.78 is 12.0. The molecule has 0 bridgehead atoms. The van der Waals surface area contributed by atoms with Crippen LogP contribution < -0.4 is 4.74 Å². The van der Waals surface area contributed by atoms with E-state index in [1.54, 1.807) is 25.4 Å². The molecular formula is C25H19ClN4O2S. The maximum Gasteiger partial charge on any atom is 0.207 e. The minimum absolute atomic E-state index is 0.0757. The highest BCUT2D eigenvalue weighted by atomic mass is 35.5. The Morgan fingerprint density at radius 2 is 1.91 bits per heavy atom. The van der Waals surface area contributed by atoms with Crippen LogP contribution in [0.25, 0.3) is 22.3 Å². The lowest BCUT2D eigenvalue weighted by atomic mass is 10.0. The number of carbonyl (C=O) groups is 1. The van der Waals surface area contributed by atoms with Crippen molar-refractivity contribution in [2.24, 2.45) is 0 Å². The number of benzene rings is 2. The van der Waals surface area contributed by atoms with E-state index in [4.69, 9.17) is 16.3 Å². The van der Waals surface area contributed by atoms with Crippen molar-refractivity contribution in [2.45, 2.75) is 13.5 Å². The Balaban J connectivity index is 1.61. The van der Waals surface area contributed by atoms with Gasteiger partial charge >= 0.3 is 0 Å². The van der Waals surface area contributed by atoms with Crippen LogP contribution in [0, 0.1) is 6.92 Å². The summed E-state index contributed by atoms with van der Waals surface area (Å²) in [5, 5.41) is 9.53. The number of aromatic nitrogens is 4. The molecule has 0 unspecified atom stereocenters. The number of ether oxygens (including phenoxy) is 1. The molecule has 0 spiro atoms. The molecule has 0 saturated heterocycles. The van der Waals surface area contributed by atoms with Gasteiger partial charge in [-0.2, -0.15) is 9.47 Å². The number of rotatable bonds is 6. The quantitative estimate of drug-likeness (QED) is 0.291. The first kappa shape index (κ1) is 21.3. The van der Waals surface area contributed by atoms with Gasteiger partial charge in [-0.05, 0) is 72.6 Å². The highest BCUT2D eigenvalue weighted by molar-refractivity contribution is 7.08. The summed E-state index contributed by atoms with van der Waals surface area (Å²) in [5.41, 5.74) is 4.86. The van der Waals surface area contributed by atoms with E-state index in [0.29, 0.717) is 39.1 Å². The van der Waals surface area contributed by atoms with Crippen LogP contribution in [0.2, 0.25) is 5.02 Å². The predicted molar refractivity (Wildman–Crippen MR) is 130 cm³/mol. The highest BCUT2D eigenvalue weighted by Crippen LogP contribution is 2.33. The number of methoxy groups -OCH3 is 1. The molecule has 0 atom stereocenters. The van der Waals surface area contributed by atoms with E-state index in [9.17, 15) is 4.79 Å². The van der Waals surface area contributed by atoms with Gasteiger partial charge in [-0.3, -0.25) is 4.79 Å². The number of nitrogens with zero attached hydrogens (tertiary/aromatic N) is 4. The molecule has 0 amide bonds. The molecule has 5 aromatic rings. The van der Waals surface area contributed by atoms with E-state index in [1.807, 2.05) is 55.5 Å². The van der Waals surface area contributed by atoms with Gasteiger partial charge in [-0.1, -0.05) is 23.7 Å². The van der Waals surface area contributed by atoms with E-state index in [-0.39, 0.29) is 5.78 Å². The fourth-order valence-electron chi connectivity index (χ4n) is 3.92. The van der Waals surface area contributed by atoms with Gasteiger partial charge in [0.25, 0.3) is 0 Å². The third-order valence-electron chi connectivity index (χ3n) is 5.58. The molecule has 0 N–H and O–H groups in total. The van der Waals surface area contributed by atoms with Crippen LogP contribution in [0.5, 0.6) is 5.75 Å². The standard InChI is InChI=1S/C25H19ClN4O2S/c1-15-24(25(31)23-13-21(29-33-23)20-4-3-11-27-28-20)19-12-18(32-2)9-10-22(19)30(15)14-16-5-7-17(26)8-6-16/h3-13H,14H2,1-2H3. The average molecular weight is 475 g/mol. The number of ketones is 1. The second kappa shape index (κ2) is 8.77. The smallest absolute Gasteiger partial charge is 0.207 e. The number of fused-ring (bicyclic) bond motifs is 1. The molecule has 0 fully saturated rings. The van der Waals surface area contributed by atoms with Crippen LogP contribution >= 0.6 is 23.1 Å². The van der Waals surface area contributed by atoms with Gasteiger partial charge in [0.2, 0.25) is 5.78 Å². The van der Waals surface area contributed by atoms with Crippen molar-refractivity contribution in [3.63, 3.8) is 0 Å². The Morgan fingerprint density at radius 1 is 1.09 bits per heavy atom. The molecule has 0 aliphatic heterocycles. The molecular weight excluding hydrogens is 456 g/mol. The molecule has 2 aromatic carbocycles. The molecule has 3 heterocycles. The summed E-state index contributed by atoms with van der Waals surface area (Å²) in [5.74, 6) is 0.623. The molecule has 3 aromatic heterocycles. The van der Waals surface area contributed by atoms with E-state index in [2.05, 4.69) is 19.1 Å². The first-order valence-corrected chi connectivity index (χ1v) is 11.4. The molecule has 33 heavy (non-hydrogen) atoms. The third kappa shape index (κ3) is 4.01. The molecule has 6 nitrogen and oxygen atoms in total. The van der Waals surface area contributed by atoms with Crippen molar-refractivity contribution in [1.29, 1.82) is 0 Å². The van der Waals surface area contributed by atoms with Gasteiger partial charge in [0.05, 0.1) is 17.6 Å². The summed E-state index contributed by atoms with van der Waals surface area (Å²) in [4.78, 5) is 14.2. The SMILES string of the molecule is COc1ccc2c(c1)c(C(=O)c1cc(-c3cccnn3)ns1)c(C)n2Cc1ccc(Cl)cc1. The summed E-state index contributed by atoms with van der Waals surface area (Å²) in [6.45, 7) is 2.59. The minimum Gasteiger partial charge on any atom is -0.497 e. The zero-order valence-corrected chi connectivity index (χ0v) is 19.5. The second-order valence-electron chi connectivity index (χ2n) is 7.57. The lowest BCUT2D eigenvalue weighted by Crippen LogP contribution is -2.05. The van der Waals surface area contributed by atoms with Crippen molar-refractivity contribution < 1.29 is 9.53 Å². The lowest BCUT2D eigenvalue weighted by Gasteiger charge is -2.09. The van der Waals surface area contributed by atoms with Crippen molar-refractivity contribution in [1.82, 2.24) is 19.1 Å². The topological polar surface area (TPSA) is 69.9 Å². The van der Waals surface area contributed by atoms with E-state index in [1.165, 1.54) is 11.5 Å². The average Bonchev–Trinajstić information content (AvgIpc) is 3.44. The monoisotopic (exact) mass is 474 g/mol. The molecule has 0 aliphatic carbocycles. The second-order valence-corrected chi connectivity index (χ2v) is 8.81. The van der Waals surface area contributed by atoms with Crippen LogP contribution in [0.4, 0.5) is 0 Å². The van der Waals surface area contributed by atoms with E-state index < -0.39 is 0 Å². The Kier molecular flexibility index (Phi) is 5.66. The Hall–Kier alpha value is -3.55. The molecule has 0 aliphatic rings. The van der Waals surface area contributed by atoms with Crippen LogP contribution in [-0.4, -0.2) is 32.0 Å².